The molecule has 1 amide bonds. The van der Waals surface area contributed by atoms with Gasteiger partial charge in [0.2, 0.25) is 0 Å². The van der Waals surface area contributed by atoms with Crippen molar-refractivity contribution < 1.29 is 4.79 Å². The molecule has 1 unspecified atom stereocenters. The Bertz CT molecular complexity index is 330. The topological polar surface area (TPSA) is 42.0 Å². The number of amides is 1. The van der Waals surface area contributed by atoms with E-state index in [4.69, 9.17) is 11.6 Å². The lowest BCUT2D eigenvalue weighted by atomic mass is 10.3. The van der Waals surface area contributed by atoms with Crippen LogP contribution in [0.15, 0.2) is 22.8 Å². The van der Waals surface area contributed by atoms with E-state index in [-0.39, 0.29) is 11.3 Å². The Morgan fingerprint density at radius 3 is 3.07 bits per heavy atom. The van der Waals surface area contributed by atoms with Gasteiger partial charge in [-0.15, -0.1) is 11.6 Å². The number of carbonyl (C=O) groups is 1. The highest BCUT2D eigenvalue weighted by Crippen LogP contribution is 2.12. The van der Waals surface area contributed by atoms with Crippen LogP contribution in [0.3, 0.4) is 0 Å². The number of alkyl halides is 1. The first kappa shape index (κ1) is 11.5. The molecule has 5 heteroatoms. The molecule has 76 valence electrons. The summed E-state index contributed by atoms with van der Waals surface area (Å²) in [6.45, 7) is 2.25. The number of hydrogen-bond donors (Lipinski definition) is 1. The maximum absolute atomic E-state index is 11.5. The maximum Gasteiger partial charge on any atom is 0.271 e. The molecule has 0 aliphatic rings. The third-order valence-electron chi connectivity index (χ3n) is 1.52. The van der Waals surface area contributed by atoms with Crippen molar-refractivity contribution in [1.29, 1.82) is 0 Å². The average Bonchev–Trinajstić information content (AvgIpc) is 2.15. The first-order valence-electron chi connectivity index (χ1n) is 4.14. The maximum atomic E-state index is 11.5. The number of halogens is 2. The van der Waals surface area contributed by atoms with Gasteiger partial charge in [0.15, 0.2) is 0 Å². The number of carbonyl (C=O) groups excluding carboxylic acids is 1. The molecule has 1 heterocycles. The summed E-state index contributed by atoms with van der Waals surface area (Å²) in [7, 11) is 0. The van der Waals surface area contributed by atoms with Gasteiger partial charge in [-0.3, -0.25) is 4.79 Å². The molecule has 1 aromatic heterocycles. The fourth-order valence-electron chi connectivity index (χ4n) is 0.870. The SMILES string of the molecule is CC(Cl)CNC(=O)c1ncccc1Br. The summed E-state index contributed by atoms with van der Waals surface area (Å²) >= 11 is 8.95. The number of nitrogens with zero attached hydrogens (tertiary/aromatic N) is 1. The molecule has 0 spiro atoms. The minimum atomic E-state index is -0.218. The van der Waals surface area contributed by atoms with Gasteiger partial charge in [0, 0.05) is 22.6 Å². The summed E-state index contributed by atoms with van der Waals surface area (Å²) in [6, 6.07) is 3.52. The van der Waals surface area contributed by atoms with E-state index in [1.807, 2.05) is 6.92 Å². The number of aromatic nitrogens is 1. The smallest absolute Gasteiger partial charge is 0.271 e. The van der Waals surface area contributed by atoms with Crippen LogP contribution in [0, 0.1) is 0 Å². The molecule has 14 heavy (non-hydrogen) atoms. The standard InChI is InChI=1S/C9H10BrClN2O/c1-6(11)5-13-9(14)8-7(10)3-2-4-12-8/h2-4,6H,5H2,1H3,(H,13,14). The van der Waals surface area contributed by atoms with Crippen molar-refractivity contribution in [2.45, 2.75) is 12.3 Å². The van der Waals surface area contributed by atoms with Crippen LogP contribution >= 0.6 is 27.5 Å². The Hall–Kier alpha value is -0.610. The van der Waals surface area contributed by atoms with E-state index in [9.17, 15) is 4.79 Å². The molecular weight excluding hydrogens is 267 g/mol. The van der Waals surface area contributed by atoms with Crippen molar-refractivity contribution in [1.82, 2.24) is 10.3 Å². The predicted molar refractivity (Wildman–Crippen MR) is 59.6 cm³/mol. The monoisotopic (exact) mass is 276 g/mol. The third-order valence-corrected chi connectivity index (χ3v) is 2.31. The van der Waals surface area contributed by atoms with Crippen molar-refractivity contribution in [2.75, 3.05) is 6.54 Å². The van der Waals surface area contributed by atoms with Gasteiger partial charge < -0.3 is 5.32 Å². The van der Waals surface area contributed by atoms with Crippen molar-refractivity contribution in [3.05, 3.63) is 28.5 Å². The van der Waals surface area contributed by atoms with Crippen molar-refractivity contribution in [2.24, 2.45) is 0 Å². The molecular formula is C9H10BrClN2O. The minimum absolute atomic E-state index is 0.0820. The van der Waals surface area contributed by atoms with Gasteiger partial charge in [0.25, 0.3) is 5.91 Å². The molecule has 0 aliphatic heterocycles. The molecule has 0 saturated carbocycles. The normalized spacial score (nSPS) is 12.2. The van der Waals surface area contributed by atoms with E-state index in [1.54, 1.807) is 18.3 Å². The van der Waals surface area contributed by atoms with Crippen molar-refractivity contribution in [3.8, 4) is 0 Å². The summed E-state index contributed by atoms with van der Waals surface area (Å²) in [5.41, 5.74) is 0.379. The molecule has 1 N–H and O–H groups in total. The molecule has 0 aliphatic carbocycles. The van der Waals surface area contributed by atoms with Gasteiger partial charge in [-0.25, -0.2) is 4.98 Å². The predicted octanol–water partition coefficient (Wildman–Crippen LogP) is 2.20. The average molecular weight is 278 g/mol. The summed E-state index contributed by atoms with van der Waals surface area (Å²) in [5, 5.41) is 2.59. The number of hydrogen-bond acceptors (Lipinski definition) is 2. The highest BCUT2D eigenvalue weighted by molar-refractivity contribution is 9.10. The van der Waals surface area contributed by atoms with E-state index >= 15 is 0 Å². The van der Waals surface area contributed by atoms with Crippen LogP contribution in [-0.4, -0.2) is 22.8 Å². The van der Waals surface area contributed by atoms with Crippen LogP contribution in [0.5, 0.6) is 0 Å². The van der Waals surface area contributed by atoms with Crippen LogP contribution in [-0.2, 0) is 0 Å². The van der Waals surface area contributed by atoms with E-state index in [2.05, 4.69) is 26.2 Å². The quantitative estimate of drug-likeness (QED) is 0.861. The molecule has 0 aromatic carbocycles. The van der Waals surface area contributed by atoms with E-state index < -0.39 is 0 Å². The lowest BCUT2D eigenvalue weighted by molar-refractivity contribution is 0.0948. The first-order valence-corrected chi connectivity index (χ1v) is 5.37. The van der Waals surface area contributed by atoms with Gasteiger partial charge in [-0.05, 0) is 35.0 Å². The van der Waals surface area contributed by atoms with E-state index in [0.29, 0.717) is 16.7 Å². The van der Waals surface area contributed by atoms with Crippen LogP contribution in [0.2, 0.25) is 0 Å². The van der Waals surface area contributed by atoms with E-state index in [0.717, 1.165) is 0 Å². The van der Waals surface area contributed by atoms with Crippen LogP contribution in [0.25, 0.3) is 0 Å². The zero-order valence-electron chi connectivity index (χ0n) is 7.63. The fourth-order valence-corrected chi connectivity index (χ4v) is 1.38. The zero-order valence-corrected chi connectivity index (χ0v) is 9.97. The number of rotatable bonds is 3. The molecule has 1 atom stereocenters. The Morgan fingerprint density at radius 2 is 2.50 bits per heavy atom. The first-order chi connectivity index (χ1) is 6.61. The molecule has 0 fully saturated rings. The van der Waals surface area contributed by atoms with Gasteiger partial charge >= 0.3 is 0 Å². The summed E-state index contributed by atoms with van der Waals surface area (Å²) < 4.78 is 0.680. The van der Waals surface area contributed by atoms with Crippen LogP contribution in [0.1, 0.15) is 17.4 Å². The third kappa shape index (κ3) is 3.27. The summed E-state index contributed by atoms with van der Waals surface area (Å²) in [6.07, 6.45) is 1.57. The second kappa shape index (κ2) is 5.32. The van der Waals surface area contributed by atoms with Crippen molar-refractivity contribution >= 4 is 33.4 Å². The summed E-state index contributed by atoms with van der Waals surface area (Å²) in [4.78, 5) is 15.5. The fraction of sp³-hybridized carbons (Fsp3) is 0.333. The summed E-state index contributed by atoms with van der Waals surface area (Å²) in [5.74, 6) is -0.218. The van der Waals surface area contributed by atoms with Gasteiger partial charge in [0.05, 0.1) is 0 Å². The van der Waals surface area contributed by atoms with Crippen LogP contribution in [0.4, 0.5) is 0 Å². The lowest BCUT2D eigenvalue weighted by Gasteiger charge is -2.06. The molecule has 0 saturated heterocycles. The van der Waals surface area contributed by atoms with Gasteiger partial charge in [0.1, 0.15) is 5.69 Å². The molecule has 0 bridgehead atoms. The largest absolute Gasteiger partial charge is 0.349 e. The molecule has 0 radical (unpaired) electrons. The Labute approximate surface area is 96.0 Å². The van der Waals surface area contributed by atoms with Crippen LogP contribution < -0.4 is 5.32 Å². The van der Waals surface area contributed by atoms with Gasteiger partial charge in [-0.1, -0.05) is 0 Å². The van der Waals surface area contributed by atoms with Gasteiger partial charge in [-0.2, -0.15) is 0 Å². The number of pyridine rings is 1. The Morgan fingerprint density at radius 1 is 1.79 bits per heavy atom. The Kier molecular flexibility index (Phi) is 4.35. The lowest BCUT2D eigenvalue weighted by Crippen LogP contribution is -2.29. The molecule has 3 nitrogen and oxygen atoms in total. The van der Waals surface area contributed by atoms with E-state index in [1.165, 1.54) is 0 Å². The number of nitrogens with one attached hydrogen (secondary N) is 1. The Balaban J connectivity index is 2.65. The molecule has 1 rings (SSSR count). The highest BCUT2D eigenvalue weighted by Gasteiger charge is 2.10. The zero-order chi connectivity index (χ0) is 10.6. The second-order valence-electron chi connectivity index (χ2n) is 2.82. The minimum Gasteiger partial charge on any atom is -0.349 e. The van der Waals surface area contributed by atoms with Crippen molar-refractivity contribution in [3.63, 3.8) is 0 Å². The molecule has 1 aromatic rings. The second-order valence-corrected chi connectivity index (χ2v) is 4.42. The highest BCUT2D eigenvalue weighted by atomic mass is 79.9.